The van der Waals surface area contributed by atoms with Gasteiger partial charge in [-0.05, 0) is 284 Å². The molecule has 3 aromatic rings. The average molecular weight is 1240 g/mol. The van der Waals surface area contributed by atoms with Gasteiger partial charge in [0.1, 0.15) is 6.61 Å². The molecule has 8 fully saturated rings. The Morgan fingerprint density at radius 2 is 0.879 bits per heavy atom. The fourth-order valence-corrected chi connectivity index (χ4v) is 25.9. The average Bonchev–Trinajstić information content (AvgIpc) is 1.49. The highest BCUT2D eigenvalue weighted by atomic mass is 16.5. The van der Waals surface area contributed by atoms with Gasteiger partial charge in [0.2, 0.25) is 0 Å². The summed E-state index contributed by atoms with van der Waals surface area (Å²) < 4.78 is 16.1. The number of esters is 3. The molecule has 490 valence electrons. The summed E-state index contributed by atoms with van der Waals surface area (Å²) in [4.78, 5) is 51.4. The molecule has 10 aliphatic carbocycles. The van der Waals surface area contributed by atoms with Gasteiger partial charge in [0.15, 0.2) is 0 Å². The zero-order chi connectivity index (χ0) is 65.4. The van der Waals surface area contributed by atoms with Crippen LogP contribution in [0.2, 0.25) is 0 Å². The normalized spacial score (nSPS) is 41.1. The van der Waals surface area contributed by atoms with E-state index in [-0.39, 0.29) is 67.1 Å². The molecule has 0 aliphatic heterocycles. The maximum absolute atomic E-state index is 14.3. The molecule has 0 heterocycles. The van der Waals surface area contributed by atoms with Crippen molar-refractivity contribution < 1.29 is 38.5 Å². The number of carboxylic acids is 1. The fourth-order valence-electron chi connectivity index (χ4n) is 25.9. The van der Waals surface area contributed by atoms with Crippen molar-refractivity contribution in [3.8, 4) is 0 Å². The number of hydrogen-bond acceptors (Lipinski definition) is 7. The largest absolute Gasteiger partial charge is 0.481 e. The van der Waals surface area contributed by atoms with Crippen LogP contribution in [0, 0.1) is 113 Å². The van der Waals surface area contributed by atoms with E-state index in [1.54, 1.807) is 0 Å². The van der Waals surface area contributed by atoms with Gasteiger partial charge >= 0.3 is 23.9 Å². The Morgan fingerprint density at radius 1 is 0.473 bits per heavy atom. The second-order valence-electron chi connectivity index (χ2n) is 34.3. The molecule has 13 rings (SSSR count). The lowest BCUT2D eigenvalue weighted by Gasteiger charge is -2.72. The van der Waals surface area contributed by atoms with Crippen molar-refractivity contribution in [2.75, 3.05) is 14.2 Å². The van der Waals surface area contributed by atoms with Crippen molar-refractivity contribution in [2.24, 2.45) is 113 Å². The third-order valence-corrected chi connectivity index (χ3v) is 30.6. The smallest absolute Gasteiger partial charge is 0.337 e. The molecule has 8 nitrogen and oxygen atoms in total. The third kappa shape index (κ3) is 9.54. The lowest BCUT2D eigenvalue weighted by Crippen LogP contribution is -2.66. The Morgan fingerprint density at radius 3 is 1.29 bits per heavy atom. The fraction of sp³-hybridized carbons (Fsp3) is 0.639. The van der Waals surface area contributed by atoms with Crippen LogP contribution in [0.4, 0.5) is 0 Å². The van der Waals surface area contributed by atoms with Crippen LogP contribution in [-0.2, 0) is 30.4 Å². The molecule has 10 aliphatic rings. The van der Waals surface area contributed by atoms with Crippen LogP contribution in [0.25, 0.3) is 11.1 Å². The number of carbonyl (C=O) groups excluding carboxylic acids is 3. The molecule has 0 aromatic heterocycles. The molecule has 91 heavy (non-hydrogen) atoms. The number of methoxy groups -OCH3 is 2. The number of carboxylic acid groups (broad SMARTS) is 1. The molecule has 1 N–H and O–H groups in total. The van der Waals surface area contributed by atoms with Crippen LogP contribution in [0.3, 0.4) is 0 Å². The highest BCUT2D eigenvalue weighted by Crippen LogP contribution is 2.80. The van der Waals surface area contributed by atoms with E-state index in [2.05, 4.69) is 145 Å². The van der Waals surface area contributed by atoms with Crippen LogP contribution in [0.5, 0.6) is 0 Å². The first-order valence-electron chi connectivity index (χ1n) is 35.4. The summed E-state index contributed by atoms with van der Waals surface area (Å²) in [7, 11) is 2.86. The standard InChI is InChI=1S/C45H58O4.C38H52O4/c1-29(2)33-20-25-45(40(47)49-28-30-12-10-9-11-13-30)27-26-43(6)35(38(33)45)18-19-37-42(5)23-21-34(31-14-16-32(17-15-31)39(46)48-8)41(3,4)36(42)22-24-44(37,43)7;1-23(2)26-15-20-38(33(40)41)22-21-36(6)28(31(26)38)13-14-30-35(5)18-16-27(24-9-11-25(12-10-24)32(39)42-8)34(3,4)29(35)17-19-37(30,36)7/h9-17,21,33,35-38H,1,18-20,22-28H2,2-8H3;9-12,16,26,28-31H,1,13-15,17-22H2,2-8H3,(H,40,41)/t33-,35+,36-,37+,38+,42-,43+,44+,45-;26-,28+,29-,30+,31+,35-,36+,37+,38-/m00/s1. The molecule has 0 radical (unpaired) electrons. The van der Waals surface area contributed by atoms with E-state index in [9.17, 15) is 24.3 Å². The van der Waals surface area contributed by atoms with E-state index >= 15 is 0 Å². The van der Waals surface area contributed by atoms with Crippen LogP contribution in [-0.4, -0.2) is 43.2 Å². The number of fused-ring (bicyclic) bond motifs is 14. The highest BCUT2D eigenvalue weighted by molar-refractivity contribution is 5.90. The predicted molar refractivity (Wildman–Crippen MR) is 364 cm³/mol. The lowest BCUT2D eigenvalue weighted by atomic mass is 9.32. The number of ether oxygens (including phenoxy) is 3. The first-order valence-corrected chi connectivity index (χ1v) is 35.4. The van der Waals surface area contributed by atoms with Gasteiger partial charge in [0.25, 0.3) is 0 Å². The number of aliphatic carboxylic acids is 1. The summed E-state index contributed by atoms with van der Waals surface area (Å²) >= 11 is 0. The summed E-state index contributed by atoms with van der Waals surface area (Å²) in [5.41, 5.74) is 10.1. The van der Waals surface area contributed by atoms with E-state index in [1.807, 2.05) is 42.5 Å². The molecule has 18 atom stereocenters. The summed E-state index contributed by atoms with van der Waals surface area (Å²) in [5.74, 6) is 3.48. The van der Waals surface area contributed by atoms with E-state index < -0.39 is 16.8 Å². The molecule has 0 unspecified atom stereocenters. The van der Waals surface area contributed by atoms with Crippen LogP contribution < -0.4 is 0 Å². The molecular weight excluding hydrogens is 1120 g/mol. The van der Waals surface area contributed by atoms with Crippen molar-refractivity contribution in [2.45, 2.75) is 205 Å². The molecule has 8 saturated carbocycles. The Balaban J connectivity index is 0.000000178. The Kier molecular flexibility index (Phi) is 16.5. The van der Waals surface area contributed by atoms with Crippen LogP contribution >= 0.6 is 0 Å². The van der Waals surface area contributed by atoms with Gasteiger partial charge in [-0.15, -0.1) is 0 Å². The van der Waals surface area contributed by atoms with Crippen molar-refractivity contribution in [1.29, 1.82) is 0 Å². The predicted octanol–water partition coefficient (Wildman–Crippen LogP) is 20.1. The molecule has 0 amide bonds. The number of carbonyl (C=O) groups is 4. The Labute approximate surface area is 546 Å². The van der Waals surface area contributed by atoms with E-state index in [0.717, 1.165) is 76.2 Å². The second-order valence-corrected chi connectivity index (χ2v) is 34.3. The third-order valence-electron chi connectivity index (χ3n) is 30.6. The van der Waals surface area contributed by atoms with E-state index in [4.69, 9.17) is 14.2 Å². The van der Waals surface area contributed by atoms with Crippen molar-refractivity contribution in [3.05, 3.63) is 143 Å². The molecular formula is C83H110O8. The quantitative estimate of drug-likeness (QED) is 0.121. The Hall–Kier alpha value is -5.50. The molecule has 8 heteroatoms. The number of benzene rings is 3. The zero-order valence-corrected chi connectivity index (χ0v) is 58.1. The summed E-state index contributed by atoms with van der Waals surface area (Å²) in [6.45, 7) is 39.1. The summed E-state index contributed by atoms with van der Waals surface area (Å²) in [5, 5.41) is 10.6. The van der Waals surface area contributed by atoms with E-state index in [0.29, 0.717) is 71.0 Å². The van der Waals surface area contributed by atoms with Gasteiger partial charge in [0.05, 0.1) is 36.2 Å². The first kappa shape index (κ1) is 65.6. The molecule has 0 saturated heterocycles. The first-order chi connectivity index (χ1) is 42.9. The summed E-state index contributed by atoms with van der Waals surface area (Å²) in [6, 6.07) is 26.2. The second kappa shape index (κ2) is 22.9. The molecule has 0 spiro atoms. The number of rotatable bonds is 10. The molecule has 0 bridgehead atoms. The minimum Gasteiger partial charge on any atom is -0.481 e. The Bertz CT molecular complexity index is 3440. The van der Waals surface area contributed by atoms with Crippen molar-refractivity contribution >= 4 is 35.0 Å². The monoisotopic (exact) mass is 1230 g/mol. The van der Waals surface area contributed by atoms with Gasteiger partial charge in [-0.2, -0.15) is 0 Å². The highest BCUT2D eigenvalue weighted by Gasteiger charge is 2.74. The van der Waals surface area contributed by atoms with Crippen molar-refractivity contribution in [1.82, 2.24) is 0 Å². The summed E-state index contributed by atoms with van der Waals surface area (Å²) in [6.07, 6.45) is 24.5. The van der Waals surface area contributed by atoms with Gasteiger partial charge in [0, 0.05) is 0 Å². The van der Waals surface area contributed by atoms with Gasteiger partial charge < -0.3 is 19.3 Å². The van der Waals surface area contributed by atoms with Crippen LogP contribution in [0.15, 0.2) is 115 Å². The minimum atomic E-state index is -0.564. The van der Waals surface area contributed by atoms with E-state index in [1.165, 1.54) is 92.6 Å². The number of allylic oxidation sites excluding steroid dienone is 6. The maximum atomic E-state index is 14.3. The minimum absolute atomic E-state index is 0.0135. The van der Waals surface area contributed by atoms with Gasteiger partial charge in [-0.1, -0.05) is 160 Å². The zero-order valence-electron chi connectivity index (χ0n) is 58.1. The topological polar surface area (TPSA) is 116 Å². The van der Waals surface area contributed by atoms with Gasteiger partial charge in [-0.25, -0.2) is 9.59 Å². The lowest BCUT2D eigenvalue weighted by molar-refractivity contribution is -0.229. The van der Waals surface area contributed by atoms with Crippen LogP contribution in [0.1, 0.15) is 236 Å². The molecule has 3 aromatic carbocycles. The maximum Gasteiger partial charge on any atom is 0.337 e. The van der Waals surface area contributed by atoms with Gasteiger partial charge in [-0.3, -0.25) is 9.59 Å². The van der Waals surface area contributed by atoms with Crippen molar-refractivity contribution in [3.63, 3.8) is 0 Å². The number of hydrogen-bond donors (Lipinski definition) is 1. The SMILES string of the molecule is C=C(C)[C@@H]1CC[C@]2(C(=O)O)CC[C@]3(C)[C@H](CC[C@@H]4[C@@]5(C)CC=C(c6ccc(C(=O)OC)cc6)C(C)(C)[C@@H]5CC[C@]43C)[C@@H]12.C=C(C)[C@@H]1CC[C@]2(C(=O)OCc3ccccc3)CC[C@]3(C)[C@H](CC[C@@H]4[C@@]5(C)CC=C(c6ccc(C(=O)OC)cc6)C(C)(C)[C@@H]5CC[C@]43C)[C@@H]12.